The predicted octanol–water partition coefficient (Wildman–Crippen LogP) is -0.280. The van der Waals surface area contributed by atoms with Crippen LogP contribution in [0.2, 0.25) is 0 Å². The van der Waals surface area contributed by atoms with Gasteiger partial charge in [0, 0.05) is 6.54 Å². The molecule has 0 aliphatic rings. The van der Waals surface area contributed by atoms with E-state index in [1.165, 1.54) is 0 Å². The molecule has 1 unspecified atom stereocenters. The summed E-state index contributed by atoms with van der Waals surface area (Å²) in [6, 6.07) is 0. The van der Waals surface area contributed by atoms with Gasteiger partial charge in [-0.15, -0.1) is 0 Å². The average molecular weight is 175 g/mol. The molecule has 72 valence electrons. The molecule has 0 aromatic heterocycles. The van der Waals surface area contributed by atoms with Gasteiger partial charge in [-0.1, -0.05) is 0 Å². The third-order valence-electron chi connectivity index (χ3n) is 1.43. The second-order valence-electron chi connectivity index (χ2n) is 2.89. The molecular formula is C8H17NO3. The SMILES string of the molecule is CCOC(=O)C(CO)CN(C)C. The van der Waals surface area contributed by atoms with E-state index in [1.54, 1.807) is 6.92 Å². The minimum absolute atomic E-state index is 0.156. The van der Waals surface area contributed by atoms with Gasteiger partial charge < -0.3 is 14.7 Å². The molecule has 1 N–H and O–H groups in total. The Labute approximate surface area is 73.1 Å². The van der Waals surface area contributed by atoms with Crippen molar-refractivity contribution in [3.63, 3.8) is 0 Å². The maximum absolute atomic E-state index is 11.1. The molecule has 0 aliphatic carbocycles. The maximum atomic E-state index is 11.1. The average Bonchev–Trinajstić information content (AvgIpc) is 2.00. The van der Waals surface area contributed by atoms with E-state index in [1.807, 2.05) is 19.0 Å². The number of aliphatic hydroxyl groups is 1. The fraction of sp³-hybridized carbons (Fsp3) is 0.875. The Morgan fingerprint density at radius 3 is 2.50 bits per heavy atom. The molecule has 1 atom stereocenters. The second kappa shape index (κ2) is 5.97. The van der Waals surface area contributed by atoms with Crippen LogP contribution in [0.15, 0.2) is 0 Å². The van der Waals surface area contributed by atoms with Crippen LogP contribution in [-0.2, 0) is 9.53 Å². The highest BCUT2D eigenvalue weighted by molar-refractivity contribution is 5.72. The van der Waals surface area contributed by atoms with E-state index in [0.29, 0.717) is 13.2 Å². The molecule has 4 heteroatoms. The Morgan fingerprint density at radius 2 is 2.17 bits per heavy atom. The molecule has 0 saturated heterocycles. The van der Waals surface area contributed by atoms with E-state index in [9.17, 15) is 4.79 Å². The van der Waals surface area contributed by atoms with Crippen LogP contribution in [0.3, 0.4) is 0 Å². The molecule has 12 heavy (non-hydrogen) atoms. The van der Waals surface area contributed by atoms with Crippen molar-refractivity contribution in [2.24, 2.45) is 5.92 Å². The van der Waals surface area contributed by atoms with Crippen LogP contribution in [0, 0.1) is 5.92 Å². The van der Waals surface area contributed by atoms with E-state index in [0.717, 1.165) is 0 Å². The summed E-state index contributed by atoms with van der Waals surface area (Å²) in [7, 11) is 3.70. The van der Waals surface area contributed by atoms with Gasteiger partial charge in [-0.3, -0.25) is 4.79 Å². The topological polar surface area (TPSA) is 49.8 Å². The third-order valence-corrected chi connectivity index (χ3v) is 1.43. The monoisotopic (exact) mass is 175 g/mol. The van der Waals surface area contributed by atoms with E-state index < -0.39 is 5.92 Å². The first-order chi connectivity index (χ1) is 5.61. The predicted molar refractivity (Wildman–Crippen MR) is 45.8 cm³/mol. The lowest BCUT2D eigenvalue weighted by Gasteiger charge is -2.16. The standard InChI is InChI=1S/C8H17NO3/c1-4-12-8(11)7(6-10)5-9(2)3/h7,10H,4-6H2,1-3H3. The molecule has 0 rings (SSSR count). The van der Waals surface area contributed by atoms with E-state index in [-0.39, 0.29) is 12.6 Å². The summed E-state index contributed by atoms with van der Waals surface area (Å²) in [5.74, 6) is -0.742. The highest BCUT2D eigenvalue weighted by atomic mass is 16.5. The Balaban J connectivity index is 3.87. The Kier molecular flexibility index (Phi) is 5.66. The summed E-state index contributed by atoms with van der Waals surface area (Å²) in [6.45, 7) is 2.48. The number of esters is 1. The summed E-state index contributed by atoms with van der Waals surface area (Å²) in [4.78, 5) is 12.9. The molecule has 0 spiro atoms. The fourth-order valence-electron chi connectivity index (χ4n) is 0.908. The molecule has 0 heterocycles. The molecule has 0 aliphatic heterocycles. The normalized spacial score (nSPS) is 13.1. The van der Waals surface area contributed by atoms with Gasteiger partial charge >= 0.3 is 5.97 Å². The lowest BCUT2D eigenvalue weighted by atomic mass is 10.1. The third kappa shape index (κ3) is 4.31. The van der Waals surface area contributed by atoms with Gasteiger partial charge in [-0.2, -0.15) is 0 Å². The highest BCUT2D eigenvalue weighted by Gasteiger charge is 2.18. The summed E-state index contributed by atoms with van der Waals surface area (Å²) >= 11 is 0. The molecular weight excluding hydrogens is 158 g/mol. The first-order valence-electron chi connectivity index (χ1n) is 4.04. The number of hydrogen-bond acceptors (Lipinski definition) is 4. The van der Waals surface area contributed by atoms with Crippen molar-refractivity contribution < 1.29 is 14.6 Å². The van der Waals surface area contributed by atoms with Crippen molar-refractivity contribution >= 4 is 5.97 Å². The van der Waals surface area contributed by atoms with Crippen LogP contribution in [0.25, 0.3) is 0 Å². The molecule has 0 aromatic carbocycles. The van der Waals surface area contributed by atoms with Crippen LogP contribution in [-0.4, -0.2) is 49.8 Å². The lowest BCUT2D eigenvalue weighted by Crippen LogP contribution is -2.31. The molecule has 0 amide bonds. The number of hydrogen-bond donors (Lipinski definition) is 1. The van der Waals surface area contributed by atoms with Gasteiger partial charge in [0.05, 0.1) is 19.1 Å². The highest BCUT2D eigenvalue weighted by Crippen LogP contribution is 2.00. The molecule has 0 saturated carbocycles. The molecule has 0 fully saturated rings. The van der Waals surface area contributed by atoms with Gasteiger partial charge in [0.15, 0.2) is 0 Å². The smallest absolute Gasteiger partial charge is 0.312 e. The first kappa shape index (κ1) is 11.4. The zero-order chi connectivity index (χ0) is 9.56. The summed E-state index contributed by atoms with van der Waals surface area (Å²) in [5.41, 5.74) is 0. The van der Waals surface area contributed by atoms with Crippen LogP contribution in [0.4, 0.5) is 0 Å². The van der Waals surface area contributed by atoms with Crippen LogP contribution < -0.4 is 0 Å². The van der Waals surface area contributed by atoms with Crippen LogP contribution >= 0.6 is 0 Å². The second-order valence-corrected chi connectivity index (χ2v) is 2.89. The Hall–Kier alpha value is -0.610. The number of rotatable bonds is 5. The minimum atomic E-state index is -0.417. The zero-order valence-corrected chi connectivity index (χ0v) is 7.91. The summed E-state index contributed by atoms with van der Waals surface area (Å²) in [5, 5.41) is 8.84. The van der Waals surface area contributed by atoms with Crippen LogP contribution in [0.5, 0.6) is 0 Å². The lowest BCUT2D eigenvalue weighted by molar-refractivity contribution is -0.149. The largest absolute Gasteiger partial charge is 0.466 e. The number of carbonyl (C=O) groups excluding carboxylic acids is 1. The summed E-state index contributed by atoms with van der Waals surface area (Å²) in [6.07, 6.45) is 0. The van der Waals surface area contributed by atoms with Gasteiger partial charge in [0.1, 0.15) is 0 Å². The number of carbonyl (C=O) groups is 1. The van der Waals surface area contributed by atoms with Crippen molar-refractivity contribution in [3.05, 3.63) is 0 Å². The number of ether oxygens (including phenoxy) is 1. The van der Waals surface area contributed by atoms with E-state index in [2.05, 4.69) is 0 Å². The van der Waals surface area contributed by atoms with E-state index in [4.69, 9.17) is 9.84 Å². The van der Waals surface area contributed by atoms with Crippen molar-refractivity contribution in [2.45, 2.75) is 6.92 Å². The van der Waals surface area contributed by atoms with Crippen molar-refractivity contribution in [1.82, 2.24) is 4.90 Å². The minimum Gasteiger partial charge on any atom is -0.466 e. The van der Waals surface area contributed by atoms with Crippen molar-refractivity contribution in [1.29, 1.82) is 0 Å². The van der Waals surface area contributed by atoms with Crippen molar-refractivity contribution in [2.75, 3.05) is 33.9 Å². The number of aliphatic hydroxyl groups excluding tert-OH is 1. The molecule has 0 radical (unpaired) electrons. The van der Waals surface area contributed by atoms with Gasteiger partial charge in [-0.25, -0.2) is 0 Å². The molecule has 0 aromatic rings. The summed E-state index contributed by atoms with van der Waals surface area (Å²) < 4.78 is 4.77. The van der Waals surface area contributed by atoms with Gasteiger partial charge in [0.2, 0.25) is 0 Å². The van der Waals surface area contributed by atoms with Gasteiger partial charge in [-0.05, 0) is 21.0 Å². The first-order valence-corrected chi connectivity index (χ1v) is 4.04. The van der Waals surface area contributed by atoms with Gasteiger partial charge in [0.25, 0.3) is 0 Å². The quantitative estimate of drug-likeness (QED) is 0.584. The number of nitrogens with zero attached hydrogens (tertiary/aromatic N) is 1. The Bertz CT molecular complexity index is 136. The zero-order valence-electron chi connectivity index (χ0n) is 7.91. The molecule has 4 nitrogen and oxygen atoms in total. The maximum Gasteiger partial charge on any atom is 0.312 e. The molecule has 0 bridgehead atoms. The van der Waals surface area contributed by atoms with E-state index >= 15 is 0 Å². The van der Waals surface area contributed by atoms with Crippen LogP contribution in [0.1, 0.15) is 6.92 Å². The fourth-order valence-corrected chi connectivity index (χ4v) is 0.908. The Morgan fingerprint density at radius 1 is 1.58 bits per heavy atom. The van der Waals surface area contributed by atoms with Crippen molar-refractivity contribution in [3.8, 4) is 0 Å².